The Labute approximate surface area is 135 Å². The van der Waals surface area contributed by atoms with Gasteiger partial charge in [0.2, 0.25) is 10.0 Å². The van der Waals surface area contributed by atoms with E-state index in [1.165, 1.54) is 38.5 Å². The SMILES string of the molecule is COc1ccc(S(=O)(=O)NC2(OC)C(C)=CC(=O)C=C2C)cc1. The molecule has 0 fully saturated rings. The first kappa shape index (κ1) is 17.4. The minimum Gasteiger partial charge on any atom is -0.497 e. The van der Waals surface area contributed by atoms with Gasteiger partial charge in [-0.3, -0.25) is 4.79 Å². The summed E-state index contributed by atoms with van der Waals surface area (Å²) in [6, 6.07) is 6.00. The third-order valence-electron chi connectivity index (χ3n) is 3.78. The van der Waals surface area contributed by atoms with Crippen molar-refractivity contribution in [1.82, 2.24) is 4.72 Å². The molecule has 0 heterocycles. The van der Waals surface area contributed by atoms with Gasteiger partial charge in [-0.25, -0.2) is 8.42 Å². The first-order chi connectivity index (χ1) is 10.7. The van der Waals surface area contributed by atoms with Gasteiger partial charge in [-0.15, -0.1) is 0 Å². The third-order valence-corrected chi connectivity index (χ3v) is 5.23. The monoisotopic (exact) mass is 337 g/mol. The summed E-state index contributed by atoms with van der Waals surface area (Å²) >= 11 is 0. The summed E-state index contributed by atoms with van der Waals surface area (Å²) in [5.74, 6) is 0.358. The zero-order chi connectivity index (χ0) is 17.3. The van der Waals surface area contributed by atoms with Gasteiger partial charge in [-0.05, 0) is 61.4 Å². The molecular formula is C16H19NO5S. The fraction of sp³-hybridized carbons (Fsp3) is 0.312. The second-order valence-corrected chi connectivity index (χ2v) is 6.91. The molecule has 0 radical (unpaired) electrons. The number of ketones is 1. The number of methoxy groups -OCH3 is 2. The molecular weight excluding hydrogens is 318 g/mol. The molecule has 0 atom stereocenters. The van der Waals surface area contributed by atoms with Crippen LogP contribution in [-0.2, 0) is 19.6 Å². The van der Waals surface area contributed by atoms with Crippen LogP contribution in [0.25, 0.3) is 0 Å². The van der Waals surface area contributed by atoms with Gasteiger partial charge in [0.1, 0.15) is 5.75 Å². The lowest BCUT2D eigenvalue weighted by Crippen LogP contribution is -2.53. The Morgan fingerprint density at radius 2 is 1.52 bits per heavy atom. The number of carbonyl (C=O) groups excluding carboxylic acids is 1. The summed E-state index contributed by atoms with van der Waals surface area (Å²) in [5, 5.41) is 0. The summed E-state index contributed by atoms with van der Waals surface area (Å²) in [5.41, 5.74) is -0.420. The number of ether oxygens (including phenoxy) is 2. The second-order valence-electron chi connectivity index (χ2n) is 5.22. The highest BCUT2D eigenvalue weighted by molar-refractivity contribution is 7.89. The van der Waals surface area contributed by atoms with Crippen LogP contribution in [0.15, 0.2) is 52.5 Å². The van der Waals surface area contributed by atoms with E-state index in [9.17, 15) is 13.2 Å². The Morgan fingerprint density at radius 3 is 1.96 bits per heavy atom. The predicted molar refractivity (Wildman–Crippen MR) is 85.6 cm³/mol. The number of hydrogen-bond acceptors (Lipinski definition) is 5. The summed E-state index contributed by atoms with van der Waals surface area (Å²) in [7, 11) is -0.969. The first-order valence-corrected chi connectivity index (χ1v) is 8.38. The van der Waals surface area contributed by atoms with Crippen molar-refractivity contribution in [2.45, 2.75) is 24.5 Å². The van der Waals surface area contributed by atoms with E-state index in [-0.39, 0.29) is 10.7 Å². The van der Waals surface area contributed by atoms with Crippen molar-refractivity contribution in [3.05, 3.63) is 47.6 Å². The van der Waals surface area contributed by atoms with E-state index in [0.717, 1.165) is 0 Å². The number of sulfonamides is 1. The van der Waals surface area contributed by atoms with Crippen LogP contribution >= 0.6 is 0 Å². The van der Waals surface area contributed by atoms with Crippen LogP contribution in [-0.4, -0.2) is 34.1 Å². The summed E-state index contributed by atoms with van der Waals surface area (Å²) < 4.78 is 38.4. The second kappa shape index (κ2) is 6.27. The third kappa shape index (κ3) is 3.21. The first-order valence-electron chi connectivity index (χ1n) is 6.90. The minimum absolute atomic E-state index is 0.0761. The van der Waals surface area contributed by atoms with Crippen LogP contribution in [0.5, 0.6) is 5.75 Å². The maximum Gasteiger partial charge on any atom is 0.243 e. The molecule has 0 saturated heterocycles. The molecule has 0 aromatic heterocycles. The zero-order valence-electron chi connectivity index (χ0n) is 13.4. The maximum absolute atomic E-state index is 12.7. The predicted octanol–water partition coefficient (Wildman–Crippen LogP) is 1.79. The van der Waals surface area contributed by atoms with Gasteiger partial charge in [-0.2, -0.15) is 4.72 Å². The average Bonchev–Trinajstić information content (AvgIpc) is 2.51. The van der Waals surface area contributed by atoms with Gasteiger partial charge in [0.15, 0.2) is 11.5 Å². The highest BCUT2D eigenvalue weighted by Crippen LogP contribution is 2.32. The fourth-order valence-corrected chi connectivity index (χ4v) is 3.91. The van der Waals surface area contributed by atoms with E-state index in [0.29, 0.717) is 16.9 Å². The molecule has 0 amide bonds. The van der Waals surface area contributed by atoms with Crippen LogP contribution < -0.4 is 9.46 Å². The largest absolute Gasteiger partial charge is 0.497 e. The molecule has 0 unspecified atom stereocenters. The Morgan fingerprint density at radius 1 is 1.00 bits per heavy atom. The molecule has 0 saturated carbocycles. The smallest absolute Gasteiger partial charge is 0.243 e. The molecule has 0 aliphatic heterocycles. The summed E-state index contributed by atoms with van der Waals surface area (Å²) in [6.07, 6.45) is 2.71. The van der Waals surface area contributed by atoms with Gasteiger partial charge in [0.05, 0.1) is 12.0 Å². The van der Waals surface area contributed by atoms with Crippen LogP contribution in [0, 0.1) is 0 Å². The normalized spacial score (nSPS) is 17.5. The van der Waals surface area contributed by atoms with E-state index >= 15 is 0 Å². The number of allylic oxidation sites excluding steroid dienone is 2. The molecule has 6 nitrogen and oxygen atoms in total. The average molecular weight is 337 g/mol. The standard InChI is InChI=1S/C16H19NO5S/c1-11-9-13(18)10-12(2)16(11,22-4)17-23(19,20)15-7-5-14(21-3)6-8-15/h5-10,17H,1-4H3. The quantitative estimate of drug-likeness (QED) is 0.829. The van der Waals surface area contributed by atoms with Gasteiger partial charge < -0.3 is 9.47 Å². The number of rotatable bonds is 5. The Kier molecular flexibility index (Phi) is 4.74. The molecule has 1 N–H and O–H groups in total. The molecule has 1 aromatic carbocycles. The minimum atomic E-state index is -3.86. The summed E-state index contributed by atoms with van der Waals surface area (Å²) in [4.78, 5) is 11.7. The van der Waals surface area contributed by atoms with Crippen LogP contribution in [0.1, 0.15) is 13.8 Å². The van der Waals surface area contributed by atoms with E-state index in [4.69, 9.17) is 9.47 Å². The topological polar surface area (TPSA) is 81.7 Å². The zero-order valence-corrected chi connectivity index (χ0v) is 14.2. The van der Waals surface area contributed by atoms with Crippen molar-refractivity contribution in [3.8, 4) is 5.75 Å². The van der Waals surface area contributed by atoms with Gasteiger partial charge in [0.25, 0.3) is 0 Å². The molecule has 1 aliphatic carbocycles. The van der Waals surface area contributed by atoms with E-state index < -0.39 is 15.7 Å². The maximum atomic E-state index is 12.7. The molecule has 2 rings (SSSR count). The molecule has 124 valence electrons. The lowest BCUT2D eigenvalue weighted by atomic mass is 9.90. The number of benzene rings is 1. The van der Waals surface area contributed by atoms with Crippen LogP contribution in [0.4, 0.5) is 0 Å². The fourth-order valence-electron chi connectivity index (χ4n) is 2.51. The number of carbonyl (C=O) groups is 1. The van der Waals surface area contributed by atoms with E-state index in [2.05, 4.69) is 4.72 Å². The van der Waals surface area contributed by atoms with Gasteiger partial charge in [-0.1, -0.05) is 0 Å². The Bertz CT molecular complexity index is 753. The Hall–Kier alpha value is -1.96. The molecule has 1 aromatic rings. The lowest BCUT2D eigenvalue weighted by Gasteiger charge is -2.36. The highest BCUT2D eigenvalue weighted by Gasteiger charge is 2.41. The molecule has 0 bridgehead atoms. The highest BCUT2D eigenvalue weighted by atomic mass is 32.2. The lowest BCUT2D eigenvalue weighted by molar-refractivity contribution is -0.111. The van der Waals surface area contributed by atoms with Gasteiger partial charge >= 0.3 is 0 Å². The van der Waals surface area contributed by atoms with Crippen LogP contribution in [0.2, 0.25) is 0 Å². The summed E-state index contributed by atoms with van der Waals surface area (Å²) in [6.45, 7) is 3.29. The number of nitrogens with one attached hydrogen (secondary N) is 1. The van der Waals surface area contributed by atoms with E-state index in [1.807, 2.05) is 0 Å². The molecule has 23 heavy (non-hydrogen) atoms. The Balaban J connectivity index is 2.42. The van der Waals surface area contributed by atoms with Crippen molar-refractivity contribution in [2.24, 2.45) is 0 Å². The molecule has 7 heteroatoms. The number of hydrogen-bond donors (Lipinski definition) is 1. The van der Waals surface area contributed by atoms with E-state index in [1.54, 1.807) is 26.0 Å². The molecule has 0 spiro atoms. The molecule has 1 aliphatic rings. The van der Waals surface area contributed by atoms with Crippen molar-refractivity contribution >= 4 is 15.8 Å². The van der Waals surface area contributed by atoms with Crippen molar-refractivity contribution in [3.63, 3.8) is 0 Å². The van der Waals surface area contributed by atoms with Crippen molar-refractivity contribution in [2.75, 3.05) is 14.2 Å². The van der Waals surface area contributed by atoms with Gasteiger partial charge in [0, 0.05) is 7.11 Å². The van der Waals surface area contributed by atoms with Crippen molar-refractivity contribution in [1.29, 1.82) is 0 Å². The van der Waals surface area contributed by atoms with Crippen molar-refractivity contribution < 1.29 is 22.7 Å². The van der Waals surface area contributed by atoms with Crippen LogP contribution in [0.3, 0.4) is 0 Å².